The van der Waals surface area contributed by atoms with E-state index in [9.17, 15) is 9.90 Å². The maximum Gasteiger partial charge on any atom is 0.302 e. The first kappa shape index (κ1) is 22.5. The molecule has 1 N–H and O–H groups in total. The van der Waals surface area contributed by atoms with Gasteiger partial charge in [-0.2, -0.15) is 0 Å². The number of halogens is 3. The van der Waals surface area contributed by atoms with Crippen molar-refractivity contribution < 1.29 is 14.6 Å². The van der Waals surface area contributed by atoms with Gasteiger partial charge in [-0.05, 0) is 57.9 Å². The molecule has 32 heavy (non-hydrogen) atoms. The minimum absolute atomic E-state index is 0.0747. The molecule has 0 aliphatic rings. The quantitative estimate of drug-likeness (QED) is 0.245. The van der Waals surface area contributed by atoms with Gasteiger partial charge in [-0.25, -0.2) is 0 Å². The Labute approximate surface area is 205 Å². The Morgan fingerprint density at radius 1 is 1.06 bits per heavy atom. The van der Waals surface area contributed by atoms with E-state index in [2.05, 4.69) is 42.1 Å². The molecule has 3 aromatic carbocycles. The lowest BCUT2D eigenvalue weighted by molar-refractivity contribution is -0.120. The molecular weight excluding hydrogens is 562 g/mol. The van der Waals surface area contributed by atoms with Gasteiger partial charge in [0.15, 0.2) is 12.3 Å². The lowest BCUT2D eigenvalue weighted by Gasteiger charge is -2.07. The minimum atomic E-state index is -0.575. The molecule has 4 aromatic rings. The van der Waals surface area contributed by atoms with Crippen molar-refractivity contribution in [3.63, 3.8) is 0 Å². The number of ether oxygens (including phenoxy) is 1. The van der Waals surface area contributed by atoms with Gasteiger partial charge in [0.2, 0.25) is 5.88 Å². The van der Waals surface area contributed by atoms with E-state index in [0.717, 1.165) is 15.6 Å². The Morgan fingerprint density at radius 3 is 2.56 bits per heavy atom. The van der Waals surface area contributed by atoms with Crippen molar-refractivity contribution in [2.24, 2.45) is 10.2 Å². The fourth-order valence-electron chi connectivity index (χ4n) is 3.17. The van der Waals surface area contributed by atoms with Gasteiger partial charge in [-0.3, -0.25) is 4.79 Å². The Balaban J connectivity index is 1.55. The molecule has 0 saturated carbocycles. The number of para-hydroxylation sites is 1. The van der Waals surface area contributed by atoms with Gasteiger partial charge < -0.3 is 14.4 Å². The van der Waals surface area contributed by atoms with Crippen LogP contribution >= 0.6 is 43.5 Å². The average Bonchev–Trinajstić information content (AvgIpc) is 3.04. The summed E-state index contributed by atoms with van der Waals surface area (Å²) in [6.07, 6.45) is 0. The molecule has 0 spiro atoms. The lowest BCUT2D eigenvalue weighted by atomic mass is 10.2. The van der Waals surface area contributed by atoms with Crippen LogP contribution in [0.5, 0.6) is 11.6 Å². The second-order valence-electron chi connectivity index (χ2n) is 6.86. The van der Waals surface area contributed by atoms with Crippen molar-refractivity contribution in [3.8, 4) is 11.6 Å². The maximum absolute atomic E-state index is 12.2. The summed E-state index contributed by atoms with van der Waals surface area (Å²) < 4.78 is 8.81. The summed E-state index contributed by atoms with van der Waals surface area (Å²) in [6, 6.07) is 20.1. The van der Waals surface area contributed by atoms with Gasteiger partial charge in [-0.15, -0.1) is 10.2 Å². The average molecular weight is 578 g/mol. The molecule has 162 valence electrons. The summed E-state index contributed by atoms with van der Waals surface area (Å²) in [5, 5.41) is 20.0. The summed E-state index contributed by atoms with van der Waals surface area (Å²) in [7, 11) is 0. The molecule has 0 fully saturated rings. The first-order chi connectivity index (χ1) is 15.4. The smallest absolute Gasteiger partial charge is 0.302 e. The molecule has 0 aliphatic carbocycles. The van der Waals surface area contributed by atoms with Crippen molar-refractivity contribution >= 4 is 66.0 Å². The Kier molecular flexibility index (Phi) is 6.93. The summed E-state index contributed by atoms with van der Waals surface area (Å²) >= 11 is 12.7. The van der Waals surface area contributed by atoms with Crippen LogP contribution in [-0.4, -0.2) is 22.2 Å². The normalized spacial score (nSPS) is 11.3. The number of aromatic hydroxyl groups is 1. The second-order valence-corrected chi connectivity index (χ2v) is 9.07. The number of fused-ring (bicyclic) bond motifs is 1. The van der Waals surface area contributed by atoms with E-state index < -0.39 is 5.91 Å². The van der Waals surface area contributed by atoms with Gasteiger partial charge >= 0.3 is 5.91 Å². The third-order valence-electron chi connectivity index (χ3n) is 4.68. The van der Waals surface area contributed by atoms with E-state index in [1.807, 2.05) is 42.5 Å². The van der Waals surface area contributed by atoms with Crippen LogP contribution in [0, 0.1) is 0 Å². The highest BCUT2D eigenvalue weighted by atomic mass is 79.9. The first-order valence-corrected chi connectivity index (χ1v) is 11.5. The molecule has 0 unspecified atom stereocenters. The number of carbonyl (C=O) groups excluding carboxylic acids is 1. The molecule has 0 saturated heterocycles. The molecule has 1 amide bonds. The van der Waals surface area contributed by atoms with E-state index in [4.69, 9.17) is 16.3 Å². The Morgan fingerprint density at radius 2 is 1.81 bits per heavy atom. The number of hydrogen-bond acceptors (Lipinski definition) is 4. The highest BCUT2D eigenvalue weighted by molar-refractivity contribution is 9.11. The SMILES string of the molecule is O=C(COc1ccc(Br)cc1Br)N=Nc1c(O)n(Cc2ccc(Cl)cc2)c2ccccc12. The summed E-state index contributed by atoms with van der Waals surface area (Å²) in [4.78, 5) is 12.2. The number of aromatic nitrogens is 1. The summed E-state index contributed by atoms with van der Waals surface area (Å²) in [5.74, 6) is -0.137. The van der Waals surface area contributed by atoms with Crippen molar-refractivity contribution in [2.75, 3.05) is 6.61 Å². The first-order valence-electron chi connectivity index (χ1n) is 9.49. The Bertz CT molecular complexity index is 1320. The van der Waals surface area contributed by atoms with Crippen molar-refractivity contribution in [1.29, 1.82) is 0 Å². The molecule has 0 atom stereocenters. The van der Waals surface area contributed by atoms with Gasteiger partial charge in [0.1, 0.15) is 5.75 Å². The van der Waals surface area contributed by atoms with E-state index in [0.29, 0.717) is 27.2 Å². The second kappa shape index (κ2) is 9.85. The lowest BCUT2D eigenvalue weighted by Crippen LogP contribution is -2.08. The van der Waals surface area contributed by atoms with Crippen LogP contribution in [0.1, 0.15) is 5.56 Å². The topological polar surface area (TPSA) is 76.2 Å². The van der Waals surface area contributed by atoms with Gasteiger partial charge in [0, 0.05) is 14.9 Å². The zero-order valence-electron chi connectivity index (χ0n) is 16.5. The van der Waals surface area contributed by atoms with E-state index in [1.54, 1.807) is 28.8 Å². The number of amides is 1. The van der Waals surface area contributed by atoms with Crippen LogP contribution in [0.25, 0.3) is 10.9 Å². The number of azo groups is 1. The number of nitrogens with zero attached hydrogens (tertiary/aromatic N) is 3. The monoisotopic (exact) mass is 575 g/mol. The molecule has 0 bridgehead atoms. The highest BCUT2D eigenvalue weighted by Gasteiger charge is 2.17. The fourth-order valence-corrected chi connectivity index (χ4v) is 4.46. The van der Waals surface area contributed by atoms with Crippen LogP contribution < -0.4 is 4.74 Å². The maximum atomic E-state index is 12.2. The van der Waals surface area contributed by atoms with Crippen molar-refractivity contribution in [3.05, 3.63) is 86.3 Å². The molecule has 0 radical (unpaired) electrons. The largest absolute Gasteiger partial charge is 0.493 e. The third kappa shape index (κ3) is 5.03. The summed E-state index contributed by atoms with van der Waals surface area (Å²) in [5.41, 5.74) is 1.96. The molecule has 0 aliphatic heterocycles. The van der Waals surface area contributed by atoms with E-state index in [1.165, 1.54) is 0 Å². The highest BCUT2D eigenvalue weighted by Crippen LogP contribution is 2.39. The van der Waals surface area contributed by atoms with E-state index >= 15 is 0 Å². The standard InChI is InChI=1S/C23H16Br2ClN3O3/c24-15-7-10-20(18(25)11-15)32-13-21(30)27-28-22-17-3-1-2-4-19(17)29(23(22)31)12-14-5-8-16(26)9-6-14/h1-11,31H,12-13H2. The molecule has 4 rings (SSSR count). The zero-order chi connectivity index (χ0) is 22.7. The Hall–Kier alpha value is -2.68. The van der Waals surface area contributed by atoms with Crippen LogP contribution in [0.3, 0.4) is 0 Å². The van der Waals surface area contributed by atoms with Crippen molar-refractivity contribution in [2.45, 2.75) is 6.54 Å². The predicted octanol–water partition coefficient (Wildman–Crippen LogP) is 7.26. The van der Waals surface area contributed by atoms with Crippen LogP contribution in [0.15, 0.2) is 85.9 Å². The van der Waals surface area contributed by atoms with Gasteiger partial charge in [-0.1, -0.05) is 57.9 Å². The molecular formula is C23H16Br2ClN3O3. The van der Waals surface area contributed by atoms with Crippen LogP contribution in [-0.2, 0) is 11.3 Å². The van der Waals surface area contributed by atoms with Crippen LogP contribution in [0.2, 0.25) is 5.02 Å². The zero-order valence-corrected chi connectivity index (χ0v) is 20.4. The fraction of sp³-hybridized carbons (Fsp3) is 0.0870. The van der Waals surface area contributed by atoms with Gasteiger partial charge in [0.05, 0.1) is 16.5 Å². The molecule has 1 heterocycles. The number of benzene rings is 3. The molecule has 6 nitrogen and oxygen atoms in total. The summed E-state index contributed by atoms with van der Waals surface area (Å²) in [6.45, 7) is 0.127. The van der Waals surface area contributed by atoms with Gasteiger partial charge in [0.25, 0.3) is 0 Å². The van der Waals surface area contributed by atoms with Crippen molar-refractivity contribution in [1.82, 2.24) is 4.57 Å². The minimum Gasteiger partial charge on any atom is -0.493 e. The molecule has 9 heteroatoms. The predicted molar refractivity (Wildman–Crippen MR) is 131 cm³/mol. The number of hydrogen-bond donors (Lipinski definition) is 1. The number of rotatable bonds is 6. The third-order valence-corrected chi connectivity index (χ3v) is 6.04. The van der Waals surface area contributed by atoms with E-state index in [-0.39, 0.29) is 18.2 Å². The van der Waals surface area contributed by atoms with Crippen LogP contribution in [0.4, 0.5) is 5.69 Å². The molecule has 1 aromatic heterocycles. The number of carbonyl (C=O) groups is 1.